The van der Waals surface area contributed by atoms with Crippen molar-refractivity contribution < 1.29 is 9.53 Å². The molecule has 0 unspecified atom stereocenters. The number of hydrogen-bond donors (Lipinski definition) is 2. The number of methoxy groups -OCH3 is 1. The van der Waals surface area contributed by atoms with Crippen molar-refractivity contribution in [1.29, 1.82) is 0 Å². The number of thiocarbonyl (C=S) groups is 1. The second-order valence-electron chi connectivity index (χ2n) is 3.27. The predicted molar refractivity (Wildman–Crippen MR) is 66.5 cm³/mol. The third kappa shape index (κ3) is 4.27. The van der Waals surface area contributed by atoms with E-state index in [0.717, 1.165) is 11.3 Å². The fourth-order valence-electron chi connectivity index (χ4n) is 1.18. The Kier molecular flexibility index (Phi) is 4.72. The lowest BCUT2D eigenvalue weighted by Gasteiger charge is -2.05. The van der Waals surface area contributed by atoms with Crippen LogP contribution >= 0.6 is 12.2 Å². The summed E-state index contributed by atoms with van der Waals surface area (Å²) >= 11 is 4.66. The highest BCUT2D eigenvalue weighted by Crippen LogP contribution is 2.11. The Labute approximate surface area is 99.8 Å². The van der Waals surface area contributed by atoms with Crippen molar-refractivity contribution in [2.24, 2.45) is 5.73 Å². The quantitative estimate of drug-likeness (QED) is 0.739. The molecule has 0 aliphatic rings. The van der Waals surface area contributed by atoms with E-state index in [2.05, 4.69) is 17.5 Å². The first-order valence-electron chi connectivity index (χ1n) is 4.79. The molecule has 1 rings (SSSR count). The van der Waals surface area contributed by atoms with Crippen LogP contribution in [-0.4, -0.2) is 24.6 Å². The van der Waals surface area contributed by atoms with Crippen LogP contribution in [0, 0.1) is 0 Å². The Balaban J connectivity index is 2.46. The number of nitrogens with one attached hydrogen (secondary N) is 1. The molecule has 0 heterocycles. The average molecular weight is 238 g/mol. The van der Waals surface area contributed by atoms with E-state index >= 15 is 0 Å². The van der Waals surface area contributed by atoms with Gasteiger partial charge in [0.2, 0.25) is 5.91 Å². The van der Waals surface area contributed by atoms with Crippen LogP contribution in [0.3, 0.4) is 0 Å². The van der Waals surface area contributed by atoms with Crippen molar-refractivity contribution >= 4 is 23.1 Å². The van der Waals surface area contributed by atoms with Gasteiger partial charge in [0.1, 0.15) is 5.75 Å². The van der Waals surface area contributed by atoms with Crippen LogP contribution in [0.15, 0.2) is 24.3 Å². The fraction of sp³-hybridized carbons (Fsp3) is 0.273. The monoisotopic (exact) mass is 238 g/mol. The van der Waals surface area contributed by atoms with E-state index in [1.165, 1.54) is 0 Å². The molecule has 0 saturated carbocycles. The second-order valence-corrected chi connectivity index (χ2v) is 3.79. The Bertz CT molecular complexity index is 376. The van der Waals surface area contributed by atoms with Crippen molar-refractivity contribution in [1.82, 2.24) is 5.32 Å². The van der Waals surface area contributed by atoms with Gasteiger partial charge in [-0.25, -0.2) is 0 Å². The number of rotatable bonds is 5. The second kappa shape index (κ2) is 6.07. The van der Waals surface area contributed by atoms with Crippen molar-refractivity contribution in [3.63, 3.8) is 0 Å². The van der Waals surface area contributed by atoms with E-state index in [1.807, 2.05) is 24.3 Å². The molecule has 86 valence electrons. The SMILES string of the molecule is COc1ccc(CC(=O)NCC(N)=S)cc1. The van der Waals surface area contributed by atoms with Gasteiger partial charge in [-0.1, -0.05) is 24.4 Å². The summed E-state index contributed by atoms with van der Waals surface area (Å²) in [6, 6.07) is 7.32. The van der Waals surface area contributed by atoms with E-state index in [9.17, 15) is 4.79 Å². The third-order valence-electron chi connectivity index (χ3n) is 1.98. The number of carbonyl (C=O) groups excluding carboxylic acids is 1. The maximum Gasteiger partial charge on any atom is 0.224 e. The average Bonchev–Trinajstić information content (AvgIpc) is 2.27. The normalized spacial score (nSPS) is 9.56. The molecule has 5 heteroatoms. The lowest BCUT2D eigenvalue weighted by Crippen LogP contribution is -2.33. The number of amides is 1. The van der Waals surface area contributed by atoms with Gasteiger partial charge >= 0.3 is 0 Å². The van der Waals surface area contributed by atoms with Gasteiger partial charge in [0.05, 0.1) is 25.1 Å². The van der Waals surface area contributed by atoms with Gasteiger partial charge in [-0.15, -0.1) is 0 Å². The Morgan fingerprint density at radius 2 is 2.06 bits per heavy atom. The summed E-state index contributed by atoms with van der Waals surface area (Å²) in [5.74, 6) is 0.672. The Morgan fingerprint density at radius 3 is 2.56 bits per heavy atom. The number of benzene rings is 1. The summed E-state index contributed by atoms with van der Waals surface area (Å²) < 4.78 is 5.02. The first-order chi connectivity index (χ1) is 7.61. The summed E-state index contributed by atoms with van der Waals surface area (Å²) in [7, 11) is 1.60. The summed E-state index contributed by atoms with van der Waals surface area (Å²) in [6.45, 7) is 0.240. The zero-order valence-corrected chi connectivity index (χ0v) is 9.84. The predicted octanol–water partition coefficient (Wildman–Crippen LogP) is 0.640. The van der Waals surface area contributed by atoms with E-state index in [0.29, 0.717) is 6.42 Å². The number of hydrogen-bond acceptors (Lipinski definition) is 3. The van der Waals surface area contributed by atoms with Gasteiger partial charge < -0.3 is 15.8 Å². The molecule has 4 nitrogen and oxygen atoms in total. The number of ether oxygens (including phenoxy) is 1. The summed E-state index contributed by atoms with van der Waals surface area (Å²) in [5, 5.41) is 2.62. The molecule has 0 aliphatic carbocycles. The van der Waals surface area contributed by atoms with Crippen LogP contribution in [0.5, 0.6) is 5.75 Å². The van der Waals surface area contributed by atoms with Gasteiger partial charge in [0, 0.05) is 0 Å². The van der Waals surface area contributed by atoms with Gasteiger partial charge in [-0.05, 0) is 17.7 Å². The van der Waals surface area contributed by atoms with Gasteiger partial charge in [0.25, 0.3) is 0 Å². The largest absolute Gasteiger partial charge is 0.497 e. The highest BCUT2D eigenvalue weighted by molar-refractivity contribution is 7.80. The molecule has 0 aliphatic heterocycles. The molecular weight excluding hydrogens is 224 g/mol. The number of carbonyl (C=O) groups is 1. The molecule has 0 atom stereocenters. The third-order valence-corrected chi connectivity index (χ3v) is 2.13. The van der Waals surface area contributed by atoms with E-state index in [1.54, 1.807) is 7.11 Å². The topological polar surface area (TPSA) is 64.3 Å². The molecule has 0 saturated heterocycles. The number of nitrogens with two attached hydrogens (primary N) is 1. The van der Waals surface area contributed by atoms with Crippen LogP contribution in [0.2, 0.25) is 0 Å². The van der Waals surface area contributed by atoms with Gasteiger partial charge in [-0.2, -0.15) is 0 Å². The highest BCUT2D eigenvalue weighted by atomic mass is 32.1. The molecule has 0 fully saturated rings. The molecule has 0 aromatic heterocycles. The molecule has 16 heavy (non-hydrogen) atoms. The molecule has 3 N–H and O–H groups in total. The molecule has 1 amide bonds. The summed E-state index contributed by atoms with van der Waals surface area (Å²) in [4.78, 5) is 11.7. The van der Waals surface area contributed by atoms with Gasteiger partial charge in [0.15, 0.2) is 0 Å². The lowest BCUT2D eigenvalue weighted by molar-refractivity contribution is -0.120. The van der Waals surface area contributed by atoms with E-state index < -0.39 is 0 Å². The summed E-state index contributed by atoms with van der Waals surface area (Å²) in [5.41, 5.74) is 6.19. The molecule has 0 spiro atoms. The first kappa shape index (κ1) is 12.4. The van der Waals surface area contributed by atoms with Crippen molar-refractivity contribution in [2.75, 3.05) is 13.7 Å². The van der Waals surface area contributed by atoms with E-state index in [4.69, 9.17) is 10.5 Å². The Morgan fingerprint density at radius 1 is 1.44 bits per heavy atom. The van der Waals surface area contributed by atoms with Crippen LogP contribution in [0.25, 0.3) is 0 Å². The minimum Gasteiger partial charge on any atom is -0.497 e. The van der Waals surface area contributed by atoms with Crippen molar-refractivity contribution in [3.8, 4) is 5.75 Å². The van der Waals surface area contributed by atoms with Gasteiger partial charge in [-0.3, -0.25) is 4.79 Å². The molecule has 1 aromatic rings. The maximum absolute atomic E-state index is 11.4. The van der Waals surface area contributed by atoms with Crippen LogP contribution in [0.4, 0.5) is 0 Å². The van der Waals surface area contributed by atoms with Crippen LogP contribution in [-0.2, 0) is 11.2 Å². The minimum atomic E-state index is -0.0991. The zero-order valence-electron chi connectivity index (χ0n) is 9.03. The highest BCUT2D eigenvalue weighted by Gasteiger charge is 2.03. The molecule has 0 radical (unpaired) electrons. The fourth-order valence-corrected chi connectivity index (χ4v) is 1.25. The smallest absolute Gasteiger partial charge is 0.224 e. The van der Waals surface area contributed by atoms with Crippen LogP contribution < -0.4 is 15.8 Å². The zero-order chi connectivity index (χ0) is 12.0. The molecule has 0 bridgehead atoms. The minimum absolute atomic E-state index is 0.0991. The van der Waals surface area contributed by atoms with Crippen LogP contribution in [0.1, 0.15) is 5.56 Å². The van der Waals surface area contributed by atoms with Crippen molar-refractivity contribution in [2.45, 2.75) is 6.42 Å². The lowest BCUT2D eigenvalue weighted by atomic mass is 10.1. The van der Waals surface area contributed by atoms with E-state index in [-0.39, 0.29) is 17.4 Å². The molecule has 1 aromatic carbocycles. The maximum atomic E-state index is 11.4. The Hall–Kier alpha value is -1.62. The standard InChI is InChI=1S/C11H14N2O2S/c1-15-9-4-2-8(3-5-9)6-11(14)13-7-10(12)16/h2-5H,6-7H2,1H3,(H2,12,16)(H,13,14). The van der Waals surface area contributed by atoms with Crippen molar-refractivity contribution in [3.05, 3.63) is 29.8 Å². The summed E-state index contributed by atoms with van der Waals surface area (Å²) in [6.07, 6.45) is 0.312. The first-order valence-corrected chi connectivity index (χ1v) is 5.20. The molecular formula is C11H14N2O2S.